The molecular weight excluding hydrogens is 356 g/mol. The summed E-state index contributed by atoms with van der Waals surface area (Å²) in [4.78, 5) is 30.7. The van der Waals surface area contributed by atoms with Gasteiger partial charge < -0.3 is 25.4 Å². The Morgan fingerprint density at radius 3 is 2.77 bits per heavy atom. The summed E-state index contributed by atoms with van der Waals surface area (Å²) in [5.74, 6) is -0.616. The summed E-state index contributed by atoms with van der Waals surface area (Å²) < 4.78 is 1.68. The molecule has 1 fully saturated rings. The van der Waals surface area contributed by atoms with Crippen LogP contribution in [-0.4, -0.2) is 44.9 Å². The fraction of sp³-hybridized carbons (Fsp3) is 0.353. The highest BCUT2D eigenvalue weighted by Gasteiger charge is 2.27. The Kier molecular flexibility index (Phi) is 4.92. The largest absolute Gasteiger partial charge is 0.477 e. The van der Waals surface area contributed by atoms with E-state index in [0.717, 1.165) is 0 Å². The van der Waals surface area contributed by atoms with Crippen molar-refractivity contribution in [1.82, 2.24) is 9.55 Å². The minimum atomic E-state index is -1.27. The summed E-state index contributed by atoms with van der Waals surface area (Å²) in [6.07, 6.45) is 2.35. The lowest BCUT2D eigenvalue weighted by atomic mass is 10.1. The number of hydrogen-bond donors (Lipinski definition) is 3. The van der Waals surface area contributed by atoms with Gasteiger partial charge in [0.05, 0.1) is 16.9 Å². The molecule has 3 rings (SSSR count). The Hall–Kier alpha value is -2.52. The predicted molar refractivity (Wildman–Crippen MR) is 102 cm³/mol. The number of carboxylic acids is 1. The van der Waals surface area contributed by atoms with Gasteiger partial charge in [-0.25, -0.2) is 9.78 Å². The lowest BCUT2D eigenvalue weighted by molar-refractivity contribution is 0.0695. The number of carbonyl (C=O) groups is 1. The molecule has 4 N–H and O–H groups in total. The van der Waals surface area contributed by atoms with Crippen molar-refractivity contribution in [3.05, 3.63) is 45.2 Å². The van der Waals surface area contributed by atoms with Crippen LogP contribution in [0.1, 0.15) is 28.2 Å². The molecule has 26 heavy (non-hydrogen) atoms. The van der Waals surface area contributed by atoms with E-state index in [2.05, 4.69) is 4.98 Å². The second-order valence-corrected chi connectivity index (χ2v) is 7.43. The lowest BCUT2D eigenvalue weighted by Crippen LogP contribution is -2.51. The van der Waals surface area contributed by atoms with Crippen LogP contribution in [0.25, 0.3) is 11.0 Å². The molecule has 1 unspecified atom stereocenters. The Morgan fingerprint density at radius 1 is 1.50 bits per heavy atom. The number of aliphatic hydroxyl groups is 1. The van der Waals surface area contributed by atoms with Gasteiger partial charge in [-0.3, -0.25) is 4.79 Å². The van der Waals surface area contributed by atoms with E-state index in [1.807, 2.05) is 11.8 Å². The van der Waals surface area contributed by atoms with Crippen LogP contribution in [0.2, 0.25) is 0 Å². The number of rotatable bonds is 5. The number of aliphatic hydroxyl groups excluding tert-OH is 1. The highest BCUT2D eigenvalue weighted by atomic mass is 32.2. The van der Waals surface area contributed by atoms with Gasteiger partial charge in [-0.2, -0.15) is 0 Å². The van der Waals surface area contributed by atoms with Gasteiger partial charge in [-0.05, 0) is 30.9 Å². The normalized spacial score (nSPS) is 16.2. The molecular formula is C17H20N4O4S. The number of fused-ring (bicyclic) bond motifs is 1. The number of hydrogen-bond acceptors (Lipinski definition) is 7. The van der Waals surface area contributed by atoms with Crippen molar-refractivity contribution in [3.8, 4) is 0 Å². The van der Waals surface area contributed by atoms with Gasteiger partial charge in [0.15, 0.2) is 0 Å². The first-order chi connectivity index (χ1) is 12.3. The van der Waals surface area contributed by atoms with Crippen LogP contribution in [0.5, 0.6) is 0 Å². The Bertz CT molecular complexity index is 950. The van der Waals surface area contributed by atoms with Gasteiger partial charge in [0.1, 0.15) is 17.0 Å². The smallest absolute Gasteiger partial charge is 0.341 e. The van der Waals surface area contributed by atoms with Gasteiger partial charge in [0, 0.05) is 25.5 Å². The molecule has 138 valence electrons. The SMILES string of the molecule is Cc1cc(N2CC(O)C2)nc2c1c(=O)c(C(=O)O)cn2C(C)S/C=C\N. The lowest BCUT2D eigenvalue weighted by Gasteiger charge is -2.37. The summed E-state index contributed by atoms with van der Waals surface area (Å²) in [5, 5.41) is 20.7. The number of aryl methyl sites for hydroxylation is 1. The Morgan fingerprint density at radius 2 is 2.19 bits per heavy atom. The average Bonchev–Trinajstić information content (AvgIpc) is 2.56. The topological polar surface area (TPSA) is 122 Å². The standard InChI is InChI=1S/C17H20N4O4S/c1-9-5-13(20-6-11(22)7-20)19-16-14(9)15(23)12(17(24)25)8-21(16)10(2)26-4-3-18/h3-5,8,10-11,22H,6-7,18H2,1-2H3,(H,24,25)/b4-3-. The average molecular weight is 376 g/mol. The minimum Gasteiger partial charge on any atom is -0.477 e. The molecule has 9 heteroatoms. The second kappa shape index (κ2) is 7.00. The number of aromatic carboxylic acids is 1. The van der Waals surface area contributed by atoms with E-state index >= 15 is 0 Å². The molecule has 0 spiro atoms. The summed E-state index contributed by atoms with van der Waals surface area (Å²) >= 11 is 1.38. The van der Waals surface area contributed by atoms with E-state index in [0.29, 0.717) is 35.5 Å². The molecule has 0 bridgehead atoms. The molecule has 1 aliphatic rings. The molecule has 3 heterocycles. The fourth-order valence-corrected chi connectivity index (χ4v) is 3.57. The van der Waals surface area contributed by atoms with E-state index in [-0.39, 0.29) is 17.0 Å². The molecule has 0 amide bonds. The first-order valence-corrected chi connectivity index (χ1v) is 9.02. The van der Waals surface area contributed by atoms with Crippen LogP contribution in [-0.2, 0) is 0 Å². The van der Waals surface area contributed by atoms with Crippen LogP contribution in [0.4, 0.5) is 5.82 Å². The van der Waals surface area contributed by atoms with Gasteiger partial charge in [-0.15, -0.1) is 11.8 Å². The minimum absolute atomic E-state index is 0.222. The van der Waals surface area contributed by atoms with Crippen molar-refractivity contribution in [2.45, 2.75) is 25.3 Å². The van der Waals surface area contributed by atoms with Crippen LogP contribution >= 0.6 is 11.8 Å². The van der Waals surface area contributed by atoms with Crippen LogP contribution in [0, 0.1) is 6.92 Å². The van der Waals surface area contributed by atoms with E-state index in [9.17, 15) is 19.8 Å². The summed E-state index contributed by atoms with van der Waals surface area (Å²) in [6.45, 7) is 4.60. The number of anilines is 1. The van der Waals surface area contributed by atoms with Crippen LogP contribution < -0.4 is 16.1 Å². The number of aromatic nitrogens is 2. The maximum Gasteiger partial charge on any atom is 0.341 e. The summed E-state index contributed by atoms with van der Waals surface area (Å²) in [5.41, 5.74) is 5.63. The first-order valence-electron chi connectivity index (χ1n) is 8.08. The molecule has 0 saturated carbocycles. The van der Waals surface area contributed by atoms with Crippen molar-refractivity contribution >= 4 is 34.6 Å². The molecule has 0 aromatic carbocycles. The number of pyridine rings is 2. The number of carboxylic acid groups (broad SMARTS) is 1. The van der Waals surface area contributed by atoms with Crippen LogP contribution in [0.3, 0.4) is 0 Å². The fourth-order valence-electron chi connectivity index (χ4n) is 2.96. The van der Waals surface area contributed by atoms with Gasteiger partial charge >= 0.3 is 5.97 Å². The third-order valence-electron chi connectivity index (χ3n) is 4.33. The first kappa shape index (κ1) is 18.3. The highest BCUT2D eigenvalue weighted by Crippen LogP contribution is 2.29. The zero-order chi connectivity index (χ0) is 19.0. The van der Waals surface area contributed by atoms with Crippen molar-refractivity contribution < 1.29 is 15.0 Å². The molecule has 8 nitrogen and oxygen atoms in total. The van der Waals surface area contributed by atoms with Crippen LogP contribution in [0.15, 0.2) is 28.7 Å². The maximum atomic E-state index is 12.7. The Balaban J connectivity index is 2.25. The predicted octanol–water partition coefficient (Wildman–Crippen LogP) is 1.27. The van der Waals surface area contributed by atoms with Gasteiger partial charge in [-0.1, -0.05) is 0 Å². The number of nitrogens with zero attached hydrogens (tertiary/aromatic N) is 3. The third kappa shape index (κ3) is 3.15. The quantitative estimate of drug-likeness (QED) is 0.713. The molecule has 1 aliphatic heterocycles. The number of thioether (sulfide) groups is 1. The zero-order valence-electron chi connectivity index (χ0n) is 14.4. The second-order valence-electron chi connectivity index (χ2n) is 6.20. The van der Waals surface area contributed by atoms with Crippen molar-refractivity contribution in [3.63, 3.8) is 0 Å². The number of nitrogens with two attached hydrogens (primary N) is 1. The molecule has 1 atom stereocenters. The van der Waals surface area contributed by atoms with Crippen molar-refractivity contribution in [1.29, 1.82) is 0 Å². The summed E-state index contributed by atoms with van der Waals surface area (Å²) in [7, 11) is 0. The third-order valence-corrected chi connectivity index (χ3v) is 5.27. The molecule has 0 radical (unpaired) electrons. The summed E-state index contributed by atoms with van der Waals surface area (Å²) in [6, 6.07) is 1.75. The maximum absolute atomic E-state index is 12.7. The van der Waals surface area contributed by atoms with E-state index in [1.165, 1.54) is 24.2 Å². The molecule has 1 saturated heterocycles. The zero-order valence-corrected chi connectivity index (χ0v) is 15.2. The molecule has 2 aromatic heterocycles. The van der Waals surface area contributed by atoms with Crippen molar-refractivity contribution in [2.24, 2.45) is 5.73 Å². The van der Waals surface area contributed by atoms with E-state index in [1.54, 1.807) is 23.0 Å². The van der Waals surface area contributed by atoms with E-state index < -0.39 is 11.4 Å². The van der Waals surface area contributed by atoms with Crippen molar-refractivity contribution in [2.75, 3.05) is 18.0 Å². The molecule has 0 aliphatic carbocycles. The van der Waals surface area contributed by atoms with E-state index in [4.69, 9.17) is 5.73 Å². The van der Waals surface area contributed by atoms with Gasteiger partial charge in [0.25, 0.3) is 0 Å². The Labute approximate surface area is 153 Å². The van der Waals surface area contributed by atoms with Gasteiger partial charge in [0.2, 0.25) is 5.43 Å². The molecule has 2 aromatic rings. The number of β-amino-alcohol motifs (C(OH)–C–C–N with tert-alkyl or cyclic N) is 1. The monoisotopic (exact) mass is 376 g/mol. The highest BCUT2D eigenvalue weighted by molar-refractivity contribution is 8.02.